The highest BCUT2D eigenvalue weighted by molar-refractivity contribution is 6.33. The van der Waals surface area contributed by atoms with Crippen LogP contribution in [0.25, 0.3) is 0 Å². The first-order valence-corrected chi connectivity index (χ1v) is 4.15. The number of aliphatic hydroxyl groups is 1. The molecule has 66 valence electrons. The van der Waals surface area contributed by atoms with Crippen molar-refractivity contribution < 1.29 is 9.50 Å². The van der Waals surface area contributed by atoms with Crippen molar-refractivity contribution in [3.05, 3.63) is 33.6 Å². The number of hydrogen-bond donors (Lipinski definition) is 1. The highest BCUT2D eigenvalue weighted by Gasteiger charge is 2.09. The summed E-state index contributed by atoms with van der Waals surface area (Å²) < 4.78 is 13.1. The third-order valence-corrected chi connectivity index (χ3v) is 2.15. The van der Waals surface area contributed by atoms with Crippen molar-refractivity contribution >= 4 is 23.2 Å². The predicted molar refractivity (Wildman–Crippen MR) is 47.2 cm³/mol. The maximum Gasteiger partial charge on any atom is 0.146 e. The molecule has 0 spiro atoms. The van der Waals surface area contributed by atoms with E-state index in [-0.39, 0.29) is 23.6 Å². The average molecular weight is 209 g/mol. The number of benzene rings is 1. The van der Waals surface area contributed by atoms with Gasteiger partial charge in [-0.3, -0.25) is 0 Å². The Labute approximate surface area is 79.7 Å². The Morgan fingerprint density at radius 1 is 1.25 bits per heavy atom. The molecule has 0 saturated carbocycles. The molecule has 0 aliphatic rings. The van der Waals surface area contributed by atoms with Gasteiger partial charge in [0.15, 0.2) is 0 Å². The molecule has 0 aromatic heterocycles. The zero-order valence-electron chi connectivity index (χ0n) is 6.15. The lowest BCUT2D eigenvalue weighted by Crippen LogP contribution is -1.96. The van der Waals surface area contributed by atoms with E-state index in [1.165, 1.54) is 12.1 Å². The second kappa shape index (κ2) is 4.08. The summed E-state index contributed by atoms with van der Waals surface area (Å²) >= 11 is 11.2. The van der Waals surface area contributed by atoms with Crippen LogP contribution in [0.3, 0.4) is 0 Å². The smallest absolute Gasteiger partial charge is 0.146 e. The van der Waals surface area contributed by atoms with E-state index < -0.39 is 5.82 Å². The Balaban J connectivity index is 3.14. The van der Waals surface area contributed by atoms with Crippen LogP contribution in [0.4, 0.5) is 4.39 Å². The molecular weight excluding hydrogens is 202 g/mol. The maximum atomic E-state index is 13.1. The lowest BCUT2D eigenvalue weighted by atomic mass is 10.1. The van der Waals surface area contributed by atoms with Crippen molar-refractivity contribution in [1.29, 1.82) is 0 Å². The van der Waals surface area contributed by atoms with Gasteiger partial charge >= 0.3 is 0 Å². The molecule has 1 aromatic rings. The Hall–Kier alpha value is -0.310. The lowest BCUT2D eigenvalue weighted by molar-refractivity contribution is 0.297. The molecule has 1 aromatic carbocycles. The summed E-state index contributed by atoms with van der Waals surface area (Å²) in [6.07, 6.45) is 0.186. The molecule has 0 atom stereocenters. The van der Waals surface area contributed by atoms with E-state index in [0.717, 1.165) is 0 Å². The van der Waals surface area contributed by atoms with E-state index in [9.17, 15) is 4.39 Å². The molecule has 0 heterocycles. The highest BCUT2D eigenvalue weighted by atomic mass is 35.5. The first-order valence-electron chi connectivity index (χ1n) is 3.40. The molecular formula is C8H7Cl2FO. The molecule has 0 radical (unpaired) electrons. The molecule has 0 fully saturated rings. The second-order valence-corrected chi connectivity index (χ2v) is 3.11. The Kier molecular flexibility index (Phi) is 3.32. The molecule has 0 saturated heterocycles. The van der Waals surface area contributed by atoms with E-state index in [0.29, 0.717) is 5.02 Å². The molecule has 1 rings (SSSR count). The number of aliphatic hydroxyl groups excluding tert-OH is 1. The fourth-order valence-corrected chi connectivity index (χ4v) is 1.33. The minimum Gasteiger partial charge on any atom is -0.396 e. The maximum absolute atomic E-state index is 13.1. The quantitative estimate of drug-likeness (QED) is 0.742. The largest absolute Gasteiger partial charge is 0.396 e. The van der Waals surface area contributed by atoms with Crippen LogP contribution in [0, 0.1) is 5.82 Å². The number of rotatable bonds is 2. The van der Waals surface area contributed by atoms with Crippen molar-refractivity contribution in [3.63, 3.8) is 0 Å². The van der Waals surface area contributed by atoms with Gasteiger partial charge in [-0.15, -0.1) is 0 Å². The zero-order chi connectivity index (χ0) is 9.14. The van der Waals surface area contributed by atoms with Gasteiger partial charge in [-0.05, 0) is 18.6 Å². The molecule has 1 nitrogen and oxygen atoms in total. The van der Waals surface area contributed by atoms with Gasteiger partial charge in [-0.2, -0.15) is 0 Å². The molecule has 0 aliphatic heterocycles. The molecule has 1 N–H and O–H groups in total. The van der Waals surface area contributed by atoms with Crippen LogP contribution in [-0.4, -0.2) is 11.7 Å². The van der Waals surface area contributed by atoms with E-state index in [1.807, 2.05) is 0 Å². The van der Waals surface area contributed by atoms with Gasteiger partial charge in [-0.1, -0.05) is 23.2 Å². The van der Waals surface area contributed by atoms with E-state index in [4.69, 9.17) is 28.3 Å². The molecule has 0 bridgehead atoms. The predicted octanol–water partition coefficient (Wildman–Crippen LogP) is 2.67. The van der Waals surface area contributed by atoms with Gasteiger partial charge in [0, 0.05) is 17.2 Å². The number of halogens is 3. The van der Waals surface area contributed by atoms with E-state index in [1.54, 1.807) is 0 Å². The fraction of sp³-hybridized carbons (Fsp3) is 0.250. The van der Waals surface area contributed by atoms with Crippen LogP contribution in [0.5, 0.6) is 0 Å². The fourth-order valence-electron chi connectivity index (χ4n) is 0.910. The van der Waals surface area contributed by atoms with Crippen molar-refractivity contribution in [3.8, 4) is 0 Å². The van der Waals surface area contributed by atoms with Crippen LogP contribution in [0.2, 0.25) is 10.0 Å². The Morgan fingerprint density at radius 3 is 2.42 bits per heavy atom. The summed E-state index contributed by atoms with van der Waals surface area (Å²) in [5, 5.41) is 8.92. The normalized spacial score (nSPS) is 10.3. The SMILES string of the molecule is OCCc1c(Cl)ccc(Cl)c1F. The van der Waals surface area contributed by atoms with E-state index >= 15 is 0 Å². The van der Waals surface area contributed by atoms with Gasteiger partial charge in [0.2, 0.25) is 0 Å². The van der Waals surface area contributed by atoms with Gasteiger partial charge < -0.3 is 5.11 Å². The molecule has 12 heavy (non-hydrogen) atoms. The minimum atomic E-state index is -0.543. The van der Waals surface area contributed by atoms with Crippen LogP contribution in [0.15, 0.2) is 12.1 Å². The molecule has 0 unspecified atom stereocenters. The van der Waals surface area contributed by atoms with Crippen LogP contribution in [-0.2, 0) is 6.42 Å². The first-order chi connectivity index (χ1) is 5.66. The van der Waals surface area contributed by atoms with Crippen LogP contribution >= 0.6 is 23.2 Å². The van der Waals surface area contributed by atoms with Gasteiger partial charge in [0.05, 0.1) is 5.02 Å². The first kappa shape index (κ1) is 9.78. The minimum absolute atomic E-state index is 0.0304. The third kappa shape index (κ3) is 1.89. The Bertz CT molecular complexity index is 289. The average Bonchev–Trinajstić information content (AvgIpc) is 2.06. The molecule has 0 aliphatic carbocycles. The summed E-state index contributed by atoms with van der Waals surface area (Å²) in [6, 6.07) is 2.90. The van der Waals surface area contributed by atoms with Gasteiger partial charge in [0.25, 0.3) is 0 Å². The lowest BCUT2D eigenvalue weighted by Gasteiger charge is -2.04. The van der Waals surface area contributed by atoms with Crippen LogP contribution in [0.1, 0.15) is 5.56 Å². The summed E-state index contributed by atoms with van der Waals surface area (Å²) in [6.45, 7) is -0.142. The monoisotopic (exact) mass is 208 g/mol. The summed E-state index contributed by atoms with van der Waals surface area (Å²) in [7, 11) is 0. The topological polar surface area (TPSA) is 20.2 Å². The standard InChI is InChI=1S/C8H7Cl2FO/c9-6-1-2-7(10)8(11)5(6)3-4-12/h1-2,12H,3-4H2. The summed E-state index contributed by atoms with van der Waals surface area (Å²) in [5.41, 5.74) is 0.270. The number of hydrogen-bond acceptors (Lipinski definition) is 1. The van der Waals surface area contributed by atoms with Gasteiger partial charge in [-0.25, -0.2) is 4.39 Å². The Morgan fingerprint density at radius 2 is 1.83 bits per heavy atom. The molecule has 0 amide bonds. The zero-order valence-corrected chi connectivity index (χ0v) is 7.66. The van der Waals surface area contributed by atoms with Crippen molar-refractivity contribution in [2.45, 2.75) is 6.42 Å². The van der Waals surface area contributed by atoms with Crippen molar-refractivity contribution in [1.82, 2.24) is 0 Å². The van der Waals surface area contributed by atoms with Gasteiger partial charge in [0.1, 0.15) is 5.82 Å². The van der Waals surface area contributed by atoms with E-state index in [2.05, 4.69) is 0 Å². The second-order valence-electron chi connectivity index (χ2n) is 2.30. The van der Waals surface area contributed by atoms with Crippen molar-refractivity contribution in [2.75, 3.05) is 6.61 Å². The third-order valence-electron chi connectivity index (χ3n) is 1.50. The van der Waals surface area contributed by atoms with Crippen molar-refractivity contribution in [2.24, 2.45) is 0 Å². The molecule has 4 heteroatoms. The summed E-state index contributed by atoms with van der Waals surface area (Å²) in [4.78, 5) is 0. The summed E-state index contributed by atoms with van der Waals surface area (Å²) in [5.74, 6) is -0.543. The highest BCUT2D eigenvalue weighted by Crippen LogP contribution is 2.25. The van der Waals surface area contributed by atoms with Crippen LogP contribution < -0.4 is 0 Å².